The van der Waals surface area contributed by atoms with Gasteiger partial charge in [0.05, 0.1) is 12.8 Å². The third-order valence-electron chi connectivity index (χ3n) is 3.38. The number of carbonyl (C=O) groups excluding carboxylic acids is 2. The molecule has 108 valence electrons. The van der Waals surface area contributed by atoms with E-state index in [1.165, 1.54) is 6.26 Å². The Labute approximate surface area is 117 Å². The quantitative estimate of drug-likeness (QED) is 0.650. The Kier molecular flexibility index (Phi) is 4.92. The predicted octanol–water partition coefficient (Wildman–Crippen LogP) is 1.58. The van der Waals surface area contributed by atoms with Crippen molar-refractivity contribution in [1.82, 2.24) is 10.7 Å². The van der Waals surface area contributed by atoms with Crippen LogP contribution in [0.25, 0.3) is 0 Å². The van der Waals surface area contributed by atoms with E-state index in [4.69, 9.17) is 4.42 Å². The van der Waals surface area contributed by atoms with Gasteiger partial charge in [-0.25, -0.2) is 5.43 Å². The first-order valence-electron chi connectivity index (χ1n) is 6.81. The fraction of sp³-hybridized carbons (Fsp3) is 0.500. The van der Waals surface area contributed by atoms with Crippen LogP contribution in [0.1, 0.15) is 38.4 Å². The first kappa shape index (κ1) is 14.3. The molecule has 2 rings (SSSR count). The standard InChI is InChI=1S/C14H19N3O3/c1-10-4-6-11(7-5-10)16-17-14(19)13(18)15-9-12-3-2-8-20-12/h2-3,8,10H,4-7,9H2,1H3,(H,15,18)(H,17,19). The summed E-state index contributed by atoms with van der Waals surface area (Å²) >= 11 is 0. The minimum Gasteiger partial charge on any atom is -0.467 e. The van der Waals surface area contributed by atoms with Gasteiger partial charge in [0, 0.05) is 5.71 Å². The second-order valence-corrected chi connectivity index (χ2v) is 5.06. The molecule has 0 spiro atoms. The summed E-state index contributed by atoms with van der Waals surface area (Å²) in [5, 5.41) is 6.48. The molecule has 2 N–H and O–H groups in total. The van der Waals surface area contributed by atoms with E-state index in [-0.39, 0.29) is 6.54 Å². The van der Waals surface area contributed by atoms with Crippen LogP contribution in [-0.4, -0.2) is 17.5 Å². The zero-order valence-corrected chi connectivity index (χ0v) is 11.5. The molecule has 1 aliphatic carbocycles. The van der Waals surface area contributed by atoms with Crippen molar-refractivity contribution in [2.24, 2.45) is 11.0 Å². The summed E-state index contributed by atoms with van der Waals surface area (Å²) in [6.07, 6.45) is 5.45. The topological polar surface area (TPSA) is 83.7 Å². The molecule has 1 aliphatic rings. The van der Waals surface area contributed by atoms with Crippen molar-refractivity contribution in [2.45, 2.75) is 39.2 Å². The molecule has 0 bridgehead atoms. The number of hydrogen-bond donors (Lipinski definition) is 2. The Bertz CT molecular complexity index is 484. The number of amides is 2. The van der Waals surface area contributed by atoms with Crippen LogP contribution >= 0.6 is 0 Å². The maximum atomic E-state index is 11.5. The van der Waals surface area contributed by atoms with E-state index in [1.54, 1.807) is 12.1 Å². The lowest BCUT2D eigenvalue weighted by Gasteiger charge is -2.18. The summed E-state index contributed by atoms with van der Waals surface area (Å²) in [5.41, 5.74) is 3.26. The van der Waals surface area contributed by atoms with E-state index in [2.05, 4.69) is 22.8 Å². The van der Waals surface area contributed by atoms with Crippen molar-refractivity contribution in [3.05, 3.63) is 24.2 Å². The molecule has 0 aromatic carbocycles. The van der Waals surface area contributed by atoms with Crippen molar-refractivity contribution in [3.8, 4) is 0 Å². The van der Waals surface area contributed by atoms with Gasteiger partial charge >= 0.3 is 11.8 Å². The van der Waals surface area contributed by atoms with Gasteiger partial charge in [0.15, 0.2) is 0 Å². The molecule has 1 heterocycles. The number of nitrogens with zero attached hydrogens (tertiary/aromatic N) is 1. The van der Waals surface area contributed by atoms with Gasteiger partial charge in [-0.05, 0) is 43.7 Å². The number of hydrazone groups is 1. The fourth-order valence-electron chi connectivity index (χ4n) is 2.05. The summed E-state index contributed by atoms with van der Waals surface area (Å²) < 4.78 is 5.05. The summed E-state index contributed by atoms with van der Waals surface area (Å²) in [5.74, 6) is -0.155. The number of furan rings is 1. The molecule has 0 unspecified atom stereocenters. The van der Waals surface area contributed by atoms with Crippen LogP contribution in [0, 0.1) is 5.92 Å². The van der Waals surface area contributed by atoms with Gasteiger partial charge in [0.1, 0.15) is 5.76 Å². The lowest BCUT2D eigenvalue weighted by molar-refractivity contribution is -0.139. The second kappa shape index (κ2) is 6.88. The minimum atomic E-state index is -0.748. The Balaban J connectivity index is 1.73. The van der Waals surface area contributed by atoms with Gasteiger partial charge in [0.2, 0.25) is 0 Å². The molecule has 0 radical (unpaired) electrons. The van der Waals surface area contributed by atoms with Crippen molar-refractivity contribution < 1.29 is 14.0 Å². The molecule has 20 heavy (non-hydrogen) atoms. The van der Waals surface area contributed by atoms with Gasteiger partial charge in [-0.15, -0.1) is 0 Å². The van der Waals surface area contributed by atoms with Gasteiger partial charge in [-0.2, -0.15) is 5.10 Å². The minimum absolute atomic E-state index is 0.188. The highest BCUT2D eigenvalue weighted by Gasteiger charge is 2.16. The molecule has 1 aromatic rings. The maximum Gasteiger partial charge on any atom is 0.329 e. The lowest BCUT2D eigenvalue weighted by Crippen LogP contribution is -2.37. The molecule has 6 heteroatoms. The van der Waals surface area contributed by atoms with Crippen LogP contribution in [-0.2, 0) is 16.1 Å². The van der Waals surface area contributed by atoms with Gasteiger partial charge in [-0.3, -0.25) is 9.59 Å². The van der Waals surface area contributed by atoms with Crippen LogP contribution in [0.2, 0.25) is 0 Å². The van der Waals surface area contributed by atoms with Gasteiger partial charge in [-0.1, -0.05) is 6.92 Å². The van der Waals surface area contributed by atoms with E-state index in [0.29, 0.717) is 11.7 Å². The zero-order chi connectivity index (χ0) is 14.4. The lowest BCUT2D eigenvalue weighted by atomic mass is 9.90. The summed E-state index contributed by atoms with van der Waals surface area (Å²) in [6, 6.07) is 3.44. The van der Waals surface area contributed by atoms with Crippen LogP contribution in [0.3, 0.4) is 0 Å². The summed E-state index contributed by atoms with van der Waals surface area (Å²) in [6.45, 7) is 2.39. The van der Waals surface area contributed by atoms with Crippen molar-refractivity contribution in [1.29, 1.82) is 0 Å². The summed E-state index contributed by atoms with van der Waals surface area (Å²) in [7, 11) is 0. The Morgan fingerprint density at radius 1 is 1.35 bits per heavy atom. The molecular weight excluding hydrogens is 258 g/mol. The van der Waals surface area contributed by atoms with Crippen LogP contribution in [0.4, 0.5) is 0 Å². The Morgan fingerprint density at radius 3 is 2.75 bits per heavy atom. The molecule has 1 fully saturated rings. The van der Waals surface area contributed by atoms with E-state index < -0.39 is 11.8 Å². The second-order valence-electron chi connectivity index (χ2n) is 5.06. The number of rotatable bonds is 3. The Hall–Kier alpha value is -2.11. The Morgan fingerprint density at radius 2 is 2.10 bits per heavy atom. The SMILES string of the molecule is CC1CCC(=NNC(=O)C(=O)NCc2ccco2)CC1. The fourth-order valence-corrected chi connectivity index (χ4v) is 2.05. The number of hydrogen-bond acceptors (Lipinski definition) is 4. The average Bonchev–Trinajstić information content (AvgIpc) is 2.97. The summed E-state index contributed by atoms with van der Waals surface area (Å²) in [4.78, 5) is 23.1. The maximum absolute atomic E-state index is 11.5. The van der Waals surface area contributed by atoms with Crippen LogP contribution in [0.5, 0.6) is 0 Å². The van der Waals surface area contributed by atoms with Crippen LogP contribution < -0.4 is 10.7 Å². The normalized spacial score (nSPS) is 18.4. The van der Waals surface area contributed by atoms with E-state index in [9.17, 15) is 9.59 Å². The van der Waals surface area contributed by atoms with Crippen molar-refractivity contribution in [2.75, 3.05) is 0 Å². The van der Waals surface area contributed by atoms with Gasteiger partial charge < -0.3 is 9.73 Å². The third-order valence-corrected chi connectivity index (χ3v) is 3.38. The number of nitrogens with one attached hydrogen (secondary N) is 2. The van der Waals surface area contributed by atoms with Crippen molar-refractivity contribution in [3.63, 3.8) is 0 Å². The van der Waals surface area contributed by atoms with Gasteiger partial charge in [0.25, 0.3) is 0 Å². The highest BCUT2D eigenvalue weighted by Crippen LogP contribution is 2.20. The highest BCUT2D eigenvalue weighted by atomic mass is 16.3. The molecule has 0 saturated heterocycles. The van der Waals surface area contributed by atoms with E-state index in [0.717, 1.165) is 31.4 Å². The largest absolute Gasteiger partial charge is 0.467 e. The molecule has 6 nitrogen and oxygen atoms in total. The zero-order valence-electron chi connectivity index (χ0n) is 11.5. The predicted molar refractivity (Wildman–Crippen MR) is 73.8 cm³/mol. The smallest absolute Gasteiger partial charge is 0.329 e. The molecular formula is C14H19N3O3. The third kappa shape index (κ3) is 4.22. The monoisotopic (exact) mass is 277 g/mol. The first-order valence-corrected chi connectivity index (χ1v) is 6.81. The van der Waals surface area contributed by atoms with Crippen molar-refractivity contribution >= 4 is 17.5 Å². The number of carbonyl (C=O) groups is 2. The first-order chi connectivity index (χ1) is 9.65. The molecule has 1 aromatic heterocycles. The molecule has 1 saturated carbocycles. The molecule has 2 amide bonds. The molecule has 0 aliphatic heterocycles. The van der Waals surface area contributed by atoms with E-state index >= 15 is 0 Å². The highest BCUT2D eigenvalue weighted by molar-refractivity contribution is 6.35. The molecule has 0 atom stereocenters. The van der Waals surface area contributed by atoms with E-state index in [1.807, 2.05) is 0 Å². The van der Waals surface area contributed by atoms with Crippen LogP contribution in [0.15, 0.2) is 27.9 Å². The average molecular weight is 277 g/mol.